The van der Waals surface area contributed by atoms with Crippen LogP contribution in [0.25, 0.3) is 10.9 Å². The lowest BCUT2D eigenvalue weighted by Crippen LogP contribution is -1.98. The summed E-state index contributed by atoms with van der Waals surface area (Å²) in [6.07, 6.45) is 5.56. The van der Waals surface area contributed by atoms with E-state index < -0.39 is 0 Å². The number of benzene rings is 2. The highest BCUT2D eigenvalue weighted by Gasteiger charge is 2.11. The Bertz CT molecular complexity index is 804. The molecule has 3 nitrogen and oxygen atoms in total. The molecule has 1 N–H and O–H groups in total. The molecule has 2 aromatic carbocycles. The van der Waals surface area contributed by atoms with Crippen molar-refractivity contribution in [3.8, 4) is 5.75 Å². The second-order valence-electron chi connectivity index (χ2n) is 5.82. The van der Waals surface area contributed by atoms with Crippen LogP contribution in [0.15, 0.2) is 36.5 Å². The Labute approximate surface area is 123 Å². The van der Waals surface area contributed by atoms with Crippen LogP contribution in [-0.4, -0.2) is 10.2 Å². The predicted molar refractivity (Wildman–Crippen MR) is 83.6 cm³/mol. The van der Waals surface area contributed by atoms with Crippen LogP contribution in [0.4, 0.5) is 0 Å². The number of aromatic amines is 1. The lowest BCUT2D eigenvalue weighted by atomic mass is 10.1. The smallest absolute Gasteiger partial charge is 0.123 e. The van der Waals surface area contributed by atoms with E-state index in [9.17, 15) is 0 Å². The van der Waals surface area contributed by atoms with Crippen molar-refractivity contribution in [3.63, 3.8) is 0 Å². The largest absolute Gasteiger partial charge is 0.489 e. The molecule has 0 atom stereocenters. The topological polar surface area (TPSA) is 37.9 Å². The zero-order valence-electron chi connectivity index (χ0n) is 12.1. The maximum Gasteiger partial charge on any atom is 0.123 e. The fourth-order valence-electron chi connectivity index (χ4n) is 3.11. The summed E-state index contributed by atoms with van der Waals surface area (Å²) < 4.78 is 6.02. The van der Waals surface area contributed by atoms with E-state index >= 15 is 0 Å². The Morgan fingerprint density at radius 1 is 1.14 bits per heavy atom. The van der Waals surface area contributed by atoms with Crippen LogP contribution in [0.1, 0.15) is 28.7 Å². The Kier molecular flexibility index (Phi) is 2.92. The molecule has 1 heterocycles. The van der Waals surface area contributed by atoms with E-state index in [1.807, 2.05) is 6.20 Å². The zero-order valence-corrected chi connectivity index (χ0v) is 12.1. The van der Waals surface area contributed by atoms with Gasteiger partial charge in [0.25, 0.3) is 0 Å². The number of hydrogen-bond donors (Lipinski definition) is 1. The third kappa shape index (κ3) is 2.29. The van der Waals surface area contributed by atoms with Gasteiger partial charge < -0.3 is 4.74 Å². The third-order valence-electron chi connectivity index (χ3n) is 4.29. The summed E-state index contributed by atoms with van der Waals surface area (Å²) in [4.78, 5) is 0. The Hall–Kier alpha value is -2.29. The van der Waals surface area contributed by atoms with Crippen LogP contribution < -0.4 is 4.74 Å². The summed E-state index contributed by atoms with van der Waals surface area (Å²) in [6, 6.07) is 10.9. The van der Waals surface area contributed by atoms with Crippen molar-refractivity contribution in [3.05, 3.63) is 58.8 Å². The van der Waals surface area contributed by atoms with E-state index in [0.717, 1.165) is 22.2 Å². The van der Waals surface area contributed by atoms with Gasteiger partial charge in [-0.05, 0) is 60.6 Å². The molecule has 21 heavy (non-hydrogen) atoms. The predicted octanol–water partition coefficient (Wildman–Crippen LogP) is 3.94. The normalized spacial score (nSPS) is 13.6. The van der Waals surface area contributed by atoms with Crippen molar-refractivity contribution in [2.24, 2.45) is 0 Å². The number of H-pyrrole nitrogens is 1. The summed E-state index contributed by atoms with van der Waals surface area (Å²) in [7, 11) is 0. The monoisotopic (exact) mass is 278 g/mol. The SMILES string of the molecule is Cc1cc2[nH]ncc2cc1OCc1ccc2c(c1)CCC2. The molecule has 0 spiro atoms. The lowest BCUT2D eigenvalue weighted by molar-refractivity contribution is 0.304. The zero-order chi connectivity index (χ0) is 14.2. The number of ether oxygens (including phenoxy) is 1. The van der Waals surface area contributed by atoms with E-state index in [0.29, 0.717) is 6.61 Å². The van der Waals surface area contributed by atoms with Crippen LogP contribution >= 0.6 is 0 Å². The van der Waals surface area contributed by atoms with E-state index in [1.54, 1.807) is 0 Å². The highest BCUT2D eigenvalue weighted by atomic mass is 16.5. The number of hydrogen-bond acceptors (Lipinski definition) is 2. The minimum absolute atomic E-state index is 0.622. The van der Waals surface area contributed by atoms with Crippen molar-refractivity contribution in [1.29, 1.82) is 0 Å². The summed E-state index contributed by atoms with van der Waals surface area (Å²) in [5.74, 6) is 0.935. The molecular formula is C18H18N2O. The molecule has 0 bridgehead atoms. The molecule has 3 aromatic rings. The number of nitrogens with one attached hydrogen (secondary N) is 1. The van der Waals surface area contributed by atoms with E-state index in [1.165, 1.54) is 36.0 Å². The minimum Gasteiger partial charge on any atom is -0.489 e. The second-order valence-corrected chi connectivity index (χ2v) is 5.82. The standard InChI is InChI=1S/C18H18N2O/c1-12-7-17-16(10-19-20-17)9-18(12)21-11-13-5-6-14-3-2-4-15(14)8-13/h5-10H,2-4,11H2,1H3,(H,19,20). The molecule has 0 amide bonds. The van der Waals surface area contributed by atoms with Crippen LogP contribution in [0.5, 0.6) is 5.75 Å². The van der Waals surface area contributed by atoms with Crippen molar-refractivity contribution in [1.82, 2.24) is 10.2 Å². The Morgan fingerprint density at radius 2 is 2.05 bits per heavy atom. The van der Waals surface area contributed by atoms with Crippen molar-refractivity contribution < 1.29 is 4.74 Å². The Morgan fingerprint density at radius 3 is 3.00 bits per heavy atom. The molecule has 0 saturated heterocycles. The summed E-state index contributed by atoms with van der Waals surface area (Å²) >= 11 is 0. The third-order valence-corrected chi connectivity index (χ3v) is 4.29. The molecule has 4 rings (SSSR count). The van der Waals surface area contributed by atoms with Gasteiger partial charge in [-0.25, -0.2) is 0 Å². The average Bonchev–Trinajstić information content (AvgIpc) is 3.12. The summed E-state index contributed by atoms with van der Waals surface area (Å²) in [5, 5.41) is 8.13. The number of aromatic nitrogens is 2. The van der Waals surface area contributed by atoms with Gasteiger partial charge in [0.15, 0.2) is 0 Å². The van der Waals surface area contributed by atoms with Crippen molar-refractivity contribution >= 4 is 10.9 Å². The van der Waals surface area contributed by atoms with Crippen LogP contribution in [0.2, 0.25) is 0 Å². The van der Waals surface area contributed by atoms with Gasteiger partial charge in [0.2, 0.25) is 0 Å². The highest BCUT2D eigenvalue weighted by molar-refractivity contribution is 5.80. The fourth-order valence-corrected chi connectivity index (χ4v) is 3.11. The van der Waals surface area contributed by atoms with Crippen LogP contribution in [0.3, 0.4) is 0 Å². The van der Waals surface area contributed by atoms with Gasteiger partial charge in [0.1, 0.15) is 12.4 Å². The van der Waals surface area contributed by atoms with Gasteiger partial charge in [-0.2, -0.15) is 5.10 Å². The van der Waals surface area contributed by atoms with Gasteiger partial charge in [0.05, 0.1) is 11.7 Å². The number of rotatable bonds is 3. The maximum absolute atomic E-state index is 6.02. The second kappa shape index (κ2) is 4.92. The number of fused-ring (bicyclic) bond motifs is 2. The first-order chi connectivity index (χ1) is 10.3. The Balaban J connectivity index is 1.56. The van der Waals surface area contributed by atoms with Gasteiger partial charge >= 0.3 is 0 Å². The summed E-state index contributed by atoms with van der Waals surface area (Å²) in [6.45, 7) is 2.69. The minimum atomic E-state index is 0.622. The molecule has 3 heteroatoms. The van der Waals surface area contributed by atoms with Crippen LogP contribution in [0, 0.1) is 6.92 Å². The van der Waals surface area contributed by atoms with Crippen LogP contribution in [-0.2, 0) is 19.4 Å². The van der Waals surface area contributed by atoms with Gasteiger partial charge in [0, 0.05) is 5.39 Å². The molecule has 0 aliphatic heterocycles. The number of aryl methyl sites for hydroxylation is 3. The molecule has 0 fully saturated rings. The quantitative estimate of drug-likeness (QED) is 0.788. The van der Waals surface area contributed by atoms with Gasteiger partial charge in [-0.3, -0.25) is 5.10 Å². The molecule has 1 aliphatic rings. The lowest BCUT2D eigenvalue weighted by Gasteiger charge is -2.10. The molecule has 0 saturated carbocycles. The van der Waals surface area contributed by atoms with E-state index in [-0.39, 0.29) is 0 Å². The molecule has 1 aliphatic carbocycles. The first-order valence-electron chi connectivity index (χ1n) is 7.47. The van der Waals surface area contributed by atoms with Crippen molar-refractivity contribution in [2.45, 2.75) is 32.8 Å². The fraction of sp³-hybridized carbons (Fsp3) is 0.278. The van der Waals surface area contributed by atoms with Gasteiger partial charge in [-0.15, -0.1) is 0 Å². The molecule has 0 radical (unpaired) electrons. The summed E-state index contributed by atoms with van der Waals surface area (Å²) in [5.41, 5.74) is 6.44. The first-order valence-corrected chi connectivity index (χ1v) is 7.47. The van der Waals surface area contributed by atoms with Gasteiger partial charge in [-0.1, -0.05) is 18.2 Å². The van der Waals surface area contributed by atoms with E-state index in [4.69, 9.17) is 4.74 Å². The molecule has 106 valence electrons. The van der Waals surface area contributed by atoms with E-state index in [2.05, 4.69) is 47.5 Å². The molecule has 1 aromatic heterocycles. The average molecular weight is 278 g/mol. The van der Waals surface area contributed by atoms with Crippen molar-refractivity contribution in [2.75, 3.05) is 0 Å². The first kappa shape index (κ1) is 12.5. The maximum atomic E-state index is 6.02. The number of nitrogens with zero attached hydrogens (tertiary/aromatic N) is 1. The molecular weight excluding hydrogens is 260 g/mol. The molecule has 0 unspecified atom stereocenters. The highest BCUT2D eigenvalue weighted by Crippen LogP contribution is 2.26.